The van der Waals surface area contributed by atoms with Gasteiger partial charge in [-0.15, -0.1) is 10.2 Å². The van der Waals surface area contributed by atoms with E-state index in [-0.39, 0.29) is 17.4 Å². The smallest absolute Gasteiger partial charge is 0.222 e. The Balaban J connectivity index is 1.56. The van der Waals surface area contributed by atoms with Crippen LogP contribution in [-0.2, 0) is 11.3 Å². The van der Waals surface area contributed by atoms with Crippen LogP contribution in [0.15, 0.2) is 12.7 Å². The fourth-order valence-corrected chi connectivity index (χ4v) is 4.62. The molecule has 3 heterocycles. The van der Waals surface area contributed by atoms with Crippen molar-refractivity contribution in [3.8, 4) is 0 Å². The van der Waals surface area contributed by atoms with Gasteiger partial charge in [0, 0.05) is 51.1 Å². The van der Waals surface area contributed by atoms with Crippen LogP contribution in [-0.4, -0.2) is 74.4 Å². The molecule has 0 radical (unpaired) electrons. The van der Waals surface area contributed by atoms with E-state index in [0.29, 0.717) is 18.9 Å². The number of likely N-dealkylation sites (tertiary alicyclic amines) is 2. The van der Waals surface area contributed by atoms with Crippen molar-refractivity contribution in [3.05, 3.63) is 12.7 Å². The molecule has 2 saturated heterocycles. The number of carbonyl (C=O) groups is 1. The van der Waals surface area contributed by atoms with Crippen molar-refractivity contribution >= 4 is 5.91 Å². The number of aliphatic hydroxyl groups is 1. The van der Waals surface area contributed by atoms with E-state index in [0.717, 1.165) is 64.8 Å². The standard InChI is InChI=1S/C20H35N5O2/c1-17(2)5-3-6-19(27)25-9-4-8-20(14-25)13-23(10-7-18(20)26)11-12-24-15-21-22-16-24/h15-18,26H,3-14H2,1-2H3/t18?,20-/m1/s1. The first-order chi connectivity index (χ1) is 13.0. The first-order valence-electron chi connectivity index (χ1n) is 10.5. The summed E-state index contributed by atoms with van der Waals surface area (Å²) in [6.07, 6.45) is 8.67. The number of aromatic nitrogens is 3. The molecule has 1 aromatic heterocycles. The van der Waals surface area contributed by atoms with Crippen LogP contribution in [0.25, 0.3) is 0 Å². The number of aliphatic hydroxyl groups excluding tert-OH is 1. The zero-order valence-corrected chi connectivity index (χ0v) is 16.9. The van der Waals surface area contributed by atoms with E-state index in [1.54, 1.807) is 12.7 Å². The van der Waals surface area contributed by atoms with Gasteiger partial charge in [-0.1, -0.05) is 20.3 Å². The van der Waals surface area contributed by atoms with Crippen LogP contribution in [0.4, 0.5) is 0 Å². The van der Waals surface area contributed by atoms with Crippen molar-refractivity contribution in [2.24, 2.45) is 11.3 Å². The monoisotopic (exact) mass is 377 g/mol. The lowest BCUT2D eigenvalue weighted by molar-refractivity contribution is -0.141. The molecule has 0 bridgehead atoms. The highest BCUT2D eigenvalue weighted by atomic mass is 16.3. The van der Waals surface area contributed by atoms with Gasteiger partial charge < -0.3 is 19.5 Å². The molecule has 2 fully saturated rings. The molecular weight excluding hydrogens is 342 g/mol. The summed E-state index contributed by atoms with van der Waals surface area (Å²) in [6, 6.07) is 0. The number of rotatable bonds is 7. The molecule has 1 spiro atoms. The van der Waals surface area contributed by atoms with Crippen LogP contribution >= 0.6 is 0 Å². The quantitative estimate of drug-likeness (QED) is 0.784. The van der Waals surface area contributed by atoms with Crippen LogP contribution in [0, 0.1) is 11.3 Å². The Morgan fingerprint density at radius 3 is 2.74 bits per heavy atom. The van der Waals surface area contributed by atoms with Crippen LogP contribution < -0.4 is 0 Å². The van der Waals surface area contributed by atoms with Gasteiger partial charge in [-0.05, 0) is 31.6 Å². The van der Waals surface area contributed by atoms with E-state index in [4.69, 9.17) is 0 Å². The molecule has 3 rings (SSSR count). The molecule has 2 atom stereocenters. The highest BCUT2D eigenvalue weighted by Crippen LogP contribution is 2.39. The van der Waals surface area contributed by atoms with Gasteiger partial charge in [0.05, 0.1) is 6.10 Å². The van der Waals surface area contributed by atoms with Gasteiger partial charge in [-0.25, -0.2) is 0 Å². The maximum Gasteiger partial charge on any atom is 0.222 e. The molecule has 1 amide bonds. The summed E-state index contributed by atoms with van der Waals surface area (Å²) in [7, 11) is 0. The Kier molecular flexibility index (Phi) is 6.87. The zero-order chi connectivity index (χ0) is 19.3. The Labute approximate surface area is 162 Å². The average molecular weight is 378 g/mol. The van der Waals surface area contributed by atoms with E-state index >= 15 is 0 Å². The molecule has 7 nitrogen and oxygen atoms in total. The third-order valence-electron chi connectivity index (χ3n) is 6.24. The van der Waals surface area contributed by atoms with Crippen molar-refractivity contribution in [2.45, 2.75) is 65.0 Å². The Morgan fingerprint density at radius 2 is 2.00 bits per heavy atom. The van der Waals surface area contributed by atoms with E-state index in [1.165, 1.54) is 0 Å². The van der Waals surface area contributed by atoms with Crippen LogP contribution in [0.2, 0.25) is 0 Å². The van der Waals surface area contributed by atoms with E-state index in [1.807, 2.05) is 9.47 Å². The number of piperidine rings is 2. The van der Waals surface area contributed by atoms with Gasteiger partial charge in [0.1, 0.15) is 12.7 Å². The molecule has 2 aliphatic rings. The minimum Gasteiger partial charge on any atom is -0.392 e. The Morgan fingerprint density at radius 1 is 1.22 bits per heavy atom. The molecule has 1 aromatic rings. The number of nitrogens with zero attached hydrogens (tertiary/aromatic N) is 5. The maximum absolute atomic E-state index is 12.7. The molecule has 1 unspecified atom stereocenters. The predicted octanol–water partition coefficient (Wildman–Crippen LogP) is 1.78. The van der Waals surface area contributed by atoms with Gasteiger partial charge in [0.2, 0.25) is 5.91 Å². The topological polar surface area (TPSA) is 74.5 Å². The van der Waals surface area contributed by atoms with Gasteiger partial charge in [0.15, 0.2) is 0 Å². The minimum atomic E-state index is -0.310. The van der Waals surface area contributed by atoms with E-state index < -0.39 is 0 Å². The Hall–Kier alpha value is -1.47. The first kappa shape index (κ1) is 20.3. The van der Waals surface area contributed by atoms with E-state index in [2.05, 4.69) is 28.9 Å². The molecule has 152 valence electrons. The lowest BCUT2D eigenvalue weighted by Crippen LogP contribution is -2.60. The summed E-state index contributed by atoms with van der Waals surface area (Å²) in [4.78, 5) is 17.1. The molecule has 0 aliphatic carbocycles. The predicted molar refractivity (Wildman–Crippen MR) is 104 cm³/mol. The van der Waals surface area contributed by atoms with Crippen molar-refractivity contribution in [3.63, 3.8) is 0 Å². The second-order valence-electron chi connectivity index (χ2n) is 8.85. The van der Waals surface area contributed by atoms with Crippen molar-refractivity contribution < 1.29 is 9.90 Å². The van der Waals surface area contributed by atoms with Crippen molar-refractivity contribution in [1.29, 1.82) is 0 Å². The zero-order valence-electron chi connectivity index (χ0n) is 16.9. The second kappa shape index (κ2) is 9.15. The normalized spacial score (nSPS) is 26.8. The summed E-state index contributed by atoms with van der Waals surface area (Å²) in [5.41, 5.74) is -0.169. The molecule has 0 saturated carbocycles. The highest BCUT2D eigenvalue weighted by molar-refractivity contribution is 5.76. The third kappa shape index (κ3) is 5.29. The SMILES string of the molecule is CC(C)CCCC(=O)N1CCC[C@@]2(CN(CCn3cnnc3)CCC2O)C1. The van der Waals surface area contributed by atoms with Gasteiger partial charge in [0.25, 0.3) is 0 Å². The largest absolute Gasteiger partial charge is 0.392 e. The number of hydrogen-bond donors (Lipinski definition) is 1. The molecule has 2 aliphatic heterocycles. The van der Waals surface area contributed by atoms with Crippen LogP contribution in [0.3, 0.4) is 0 Å². The molecular formula is C20H35N5O2. The summed E-state index contributed by atoms with van der Waals surface area (Å²) in [6.45, 7) is 9.51. The summed E-state index contributed by atoms with van der Waals surface area (Å²) < 4.78 is 1.99. The van der Waals surface area contributed by atoms with Crippen LogP contribution in [0.1, 0.15) is 52.4 Å². The molecule has 0 aromatic carbocycles. The van der Waals surface area contributed by atoms with Gasteiger partial charge >= 0.3 is 0 Å². The van der Waals surface area contributed by atoms with Crippen molar-refractivity contribution in [2.75, 3.05) is 32.7 Å². The lowest BCUT2D eigenvalue weighted by Gasteiger charge is -2.51. The first-order valence-corrected chi connectivity index (χ1v) is 10.5. The fourth-order valence-electron chi connectivity index (χ4n) is 4.62. The highest BCUT2D eigenvalue weighted by Gasteiger charge is 2.46. The van der Waals surface area contributed by atoms with Crippen LogP contribution in [0.5, 0.6) is 0 Å². The lowest BCUT2D eigenvalue weighted by atomic mass is 9.71. The summed E-state index contributed by atoms with van der Waals surface area (Å²) in [5.74, 6) is 0.911. The van der Waals surface area contributed by atoms with E-state index in [9.17, 15) is 9.90 Å². The number of amides is 1. The van der Waals surface area contributed by atoms with Gasteiger partial charge in [-0.2, -0.15) is 0 Å². The Bertz CT molecular complexity index is 591. The average Bonchev–Trinajstić information content (AvgIpc) is 3.16. The number of hydrogen-bond acceptors (Lipinski definition) is 5. The summed E-state index contributed by atoms with van der Waals surface area (Å²) >= 11 is 0. The molecule has 1 N–H and O–H groups in total. The summed E-state index contributed by atoms with van der Waals surface area (Å²) in [5, 5.41) is 18.5. The minimum absolute atomic E-state index is 0.169. The van der Waals surface area contributed by atoms with Crippen molar-refractivity contribution in [1.82, 2.24) is 24.6 Å². The molecule has 27 heavy (non-hydrogen) atoms. The van der Waals surface area contributed by atoms with Gasteiger partial charge in [-0.3, -0.25) is 4.79 Å². The number of carbonyl (C=O) groups excluding carboxylic acids is 1. The molecule has 7 heteroatoms. The fraction of sp³-hybridized carbons (Fsp3) is 0.850. The third-order valence-corrected chi connectivity index (χ3v) is 6.24. The maximum atomic E-state index is 12.7. The second-order valence-corrected chi connectivity index (χ2v) is 8.85.